The molecule has 1 saturated heterocycles. The van der Waals surface area contributed by atoms with Gasteiger partial charge in [-0.25, -0.2) is 4.79 Å². The van der Waals surface area contributed by atoms with Gasteiger partial charge in [-0.05, 0) is 31.5 Å². The number of nitrogens with zero attached hydrogens (tertiary/aromatic N) is 1. The van der Waals surface area contributed by atoms with Gasteiger partial charge in [0.15, 0.2) is 18.1 Å². The van der Waals surface area contributed by atoms with Crippen molar-refractivity contribution >= 4 is 29.5 Å². The van der Waals surface area contributed by atoms with Crippen molar-refractivity contribution in [3.63, 3.8) is 0 Å². The molecule has 0 radical (unpaired) electrons. The summed E-state index contributed by atoms with van der Waals surface area (Å²) in [5, 5.41) is 4.92. The van der Waals surface area contributed by atoms with E-state index in [1.165, 1.54) is 19.1 Å². The highest BCUT2D eigenvalue weighted by Crippen LogP contribution is 2.42. The van der Waals surface area contributed by atoms with E-state index in [1.54, 1.807) is 24.3 Å². The van der Waals surface area contributed by atoms with Crippen molar-refractivity contribution in [2.24, 2.45) is 0 Å². The Morgan fingerprint density at radius 1 is 1.09 bits per heavy atom. The standard InChI is InChI=1S/C22H19F2N3O7/c1-12-3-5-13(6-4-12)21(2)19(30)27(20(31)26-21)10-18(29)32-11-17(28)25-14-7-8-15-16(9-14)34-22(23,24)33-15/h3-9H,10-11H2,1-2H3,(H,25,28)(H,26,31)/t21-/m1/s1. The zero-order valence-corrected chi connectivity index (χ0v) is 18.0. The van der Waals surface area contributed by atoms with Crippen LogP contribution in [0.1, 0.15) is 18.1 Å². The van der Waals surface area contributed by atoms with Gasteiger partial charge in [-0.3, -0.25) is 19.3 Å². The number of esters is 1. The number of benzene rings is 2. The van der Waals surface area contributed by atoms with Gasteiger partial charge in [0.2, 0.25) is 0 Å². The molecule has 2 heterocycles. The maximum Gasteiger partial charge on any atom is 0.586 e. The number of alkyl halides is 2. The van der Waals surface area contributed by atoms with E-state index in [0.717, 1.165) is 11.6 Å². The van der Waals surface area contributed by atoms with Gasteiger partial charge in [0.05, 0.1) is 0 Å². The van der Waals surface area contributed by atoms with Crippen LogP contribution in [0, 0.1) is 6.92 Å². The molecule has 1 atom stereocenters. The van der Waals surface area contributed by atoms with Crippen molar-refractivity contribution in [3.8, 4) is 11.5 Å². The molecule has 0 spiro atoms. The molecule has 10 nitrogen and oxygen atoms in total. The summed E-state index contributed by atoms with van der Waals surface area (Å²) in [5.41, 5.74) is 0.275. The van der Waals surface area contributed by atoms with Gasteiger partial charge in [0, 0.05) is 11.8 Å². The summed E-state index contributed by atoms with van der Waals surface area (Å²) >= 11 is 0. The molecule has 0 bridgehead atoms. The summed E-state index contributed by atoms with van der Waals surface area (Å²) in [6.45, 7) is 1.98. The lowest BCUT2D eigenvalue weighted by molar-refractivity contribution is -0.286. The number of aryl methyl sites for hydroxylation is 1. The molecule has 178 valence electrons. The maximum atomic E-state index is 13.1. The third kappa shape index (κ3) is 4.47. The zero-order chi connectivity index (χ0) is 24.7. The van der Waals surface area contributed by atoms with E-state index < -0.39 is 48.8 Å². The fraction of sp³-hybridized carbons (Fsp3) is 0.273. The van der Waals surface area contributed by atoms with Crippen molar-refractivity contribution < 1.29 is 42.2 Å². The molecule has 1 fully saturated rings. The summed E-state index contributed by atoms with van der Waals surface area (Å²) in [4.78, 5) is 50.1. The monoisotopic (exact) mass is 475 g/mol. The van der Waals surface area contributed by atoms with E-state index in [2.05, 4.69) is 20.1 Å². The molecule has 4 rings (SSSR count). The van der Waals surface area contributed by atoms with Crippen molar-refractivity contribution in [2.45, 2.75) is 25.7 Å². The number of carbonyl (C=O) groups is 4. The Morgan fingerprint density at radius 3 is 2.47 bits per heavy atom. The lowest BCUT2D eigenvalue weighted by Gasteiger charge is -2.22. The fourth-order valence-corrected chi connectivity index (χ4v) is 3.47. The second kappa shape index (κ2) is 8.28. The second-order valence-electron chi connectivity index (χ2n) is 7.85. The molecule has 2 aromatic carbocycles. The Morgan fingerprint density at radius 2 is 1.76 bits per heavy atom. The topological polar surface area (TPSA) is 123 Å². The first-order chi connectivity index (χ1) is 16.0. The van der Waals surface area contributed by atoms with Crippen molar-refractivity contribution in [1.29, 1.82) is 0 Å². The highest BCUT2D eigenvalue weighted by molar-refractivity contribution is 6.09. The predicted molar refractivity (Wildman–Crippen MR) is 111 cm³/mol. The molecule has 0 aromatic heterocycles. The third-order valence-electron chi connectivity index (χ3n) is 5.24. The first-order valence-corrected chi connectivity index (χ1v) is 10.0. The highest BCUT2D eigenvalue weighted by Gasteiger charge is 2.49. The highest BCUT2D eigenvalue weighted by atomic mass is 19.3. The van der Waals surface area contributed by atoms with Crippen LogP contribution in [-0.2, 0) is 24.7 Å². The molecule has 0 aliphatic carbocycles. The number of rotatable bonds is 6. The second-order valence-corrected chi connectivity index (χ2v) is 7.85. The number of imide groups is 1. The number of urea groups is 1. The van der Waals surface area contributed by atoms with Gasteiger partial charge >= 0.3 is 18.3 Å². The molecule has 0 saturated carbocycles. The summed E-state index contributed by atoms with van der Waals surface area (Å²) < 4.78 is 39.6. The van der Waals surface area contributed by atoms with Crippen LogP contribution in [0.4, 0.5) is 19.3 Å². The minimum absolute atomic E-state index is 0.101. The Bertz CT molecular complexity index is 1190. The van der Waals surface area contributed by atoms with Gasteiger partial charge in [0.25, 0.3) is 11.8 Å². The normalized spacial score (nSPS) is 20.2. The lowest BCUT2D eigenvalue weighted by Crippen LogP contribution is -2.41. The van der Waals surface area contributed by atoms with E-state index in [4.69, 9.17) is 4.74 Å². The van der Waals surface area contributed by atoms with Crippen LogP contribution >= 0.6 is 0 Å². The van der Waals surface area contributed by atoms with E-state index >= 15 is 0 Å². The van der Waals surface area contributed by atoms with Crippen molar-refractivity contribution in [3.05, 3.63) is 53.6 Å². The number of anilines is 1. The number of amides is 4. The Balaban J connectivity index is 1.31. The minimum atomic E-state index is -3.80. The summed E-state index contributed by atoms with van der Waals surface area (Å²) in [6.07, 6.45) is -3.80. The van der Waals surface area contributed by atoms with Gasteiger partial charge < -0.3 is 24.8 Å². The predicted octanol–water partition coefficient (Wildman–Crippen LogP) is 2.27. The van der Waals surface area contributed by atoms with Crippen LogP contribution in [0.2, 0.25) is 0 Å². The molecular weight excluding hydrogens is 456 g/mol. The number of hydrogen-bond donors (Lipinski definition) is 2. The van der Waals surface area contributed by atoms with Gasteiger partial charge in [0.1, 0.15) is 12.1 Å². The van der Waals surface area contributed by atoms with Crippen molar-refractivity contribution in [2.75, 3.05) is 18.5 Å². The number of fused-ring (bicyclic) bond motifs is 1. The quantitative estimate of drug-likeness (QED) is 0.485. The van der Waals surface area contributed by atoms with Gasteiger partial charge in [-0.15, -0.1) is 8.78 Å². The Labute approximate surface area is 191 Å². The molecule has 0 unspecified atom stereocenters. The average Bonchev–Trinajstić information content (AvgIpc) is 3.19. The number of hydrogen-bond acceptors (Lipinski definition) is 7. The van der Waals surface area contributed by atoms with Crippen LogP contribution in [0.5, 0.6) is 11.5 Å². The van der Waals surface area contributed by atoms with E-state index in [9.17, 15) is 28.0 Å². The maximum absolute atomic E-state index is 13.1. The lowest BCUT2D eigenvalue weighted by atomic mass is 9.91. The number of carbonyl (C=O) groups excluding carboxylic acids is 4. The first kappa shape index (κ1) is 23.0. The minimum Gasteiger partial charge on any atom is -0.454 e. The number of nitrogens with one attached hydrogen (secondary N) is 2. The molecule has 4 amide bonds. The van der Waals surface area contributed by atoms with E-state index in [1.807, 2.05) is 6.92 Å². The summed E-state index contributed by atoms with van der Waals surface area (Å²) in [7, 11) is 0. The number of halogens is 2. The van der Waals surface area contributed by atoms with Crippen LogP contribution in [0.3, 0.4) is 0 Å². The largest absolute Gasteiger partial charge is 0.586 e. The first-order valence-electron chi connectivity index (χ1n) is 10.0. The molecule has 2 aliphatic heterocycles. The van der Waals surface area contributed by atoms with E-state index in [0.29, 0.717) is 10.5 Å². The van der Waals surface area contributed by atoms with Crippen LogP contribution in [-0.4, -0.2) is 48.2 Å². The molecule has 12 heteroatoms. The van der Waals surface area contributed by atoms with Crippen LogP contribution < -0.4 is 20.1 Å². The third-order valence-corrected chi connectivity index (χ3v) is 5.24. The van der Waals surface area contributed by atoms with E-state index in [-0.39, 0.29) is 17.2 Å². The van der Waals surface area contributed by atoms with Crippen molar-refractivity contribution in [1.82, 2.24) is 10.2 Å². The van der Waals surface area contributed by atoms with Gasteiger partial charge in [-0.1, -0.05) is 29.8 Å². The summed E-state index contributed by atoms with van der Waals surface area (Å²) in [5.74, 6) is -2.87. The molecule has 2 N–H and O–H groups in total. The molecular formula is C22H19F2N3O7. The summed E-state index contributed by atoms with van der Waals surface area (Å²) in [6, 6.07) is 9.82. The Hall–Kier alpha value is -4.22. The average molecular weight is 475 g/mol. The van der Waals surface area contributed by atoms with Crippen LogP contribution in [0.25, 0.3) is 0 Å². The van der Waals surface area contributed by atoms with Gasteiger partial charge in [-0.2, -0.15) is 0 Å². The number of ether oxygens (including phenoxy) is 3. The Kier molecular flexibility index (Phi) is 5.59. The smallest absolute Gasteiger partial charge is 0.454 e. The fourth-order valence-electron chi connectivity index (χ4n) is 3.47. The molecule has 34 heavy (non-hydrogen) atoms. The SMILES string of the molecule is Cc1ccc([C@@]2(C)NC(=O)N(CC(=O)OCC(=O)Nc3ccc4c(c3)OC(F)(F)O4)C2=O)cc1. The molecule has 2 aromatic rings. The zero-order valence-electron chi connectivity index (χ0n) is 18.0. The molecule has 2 aliphatic rings. The van der Waals surface area contributed by atoms with Crippen LogP contribution in [0.15, 0.2) is 42.5 Å².